The van der Waals surface area contributed by atoms with Gasteiger partial charge in [0.05, 0.1) is 11.7 Å². The fourth-order valence-corrected chi connectivity index (χ4v) is 3.49. The molecular weight excluding hydrogens is 410 g/mol. The maximum atomic E-state index is 13.1. The second-order valence-electron chi connectivity index (χ2n) is 7.94. The zero-order valence-corrected chi connectivity index (χ0v) is 17.8. The number of nitrogens with zero attached hydrogens (tertiary/aromatic N) is 2. The third kappa shape index (κ3) is 4.04. The average molecular weight is 433 g/mol. The minimum absolute atomic E-state index is 0.391. The summed E-state index contributed by atoms with van der Waals surface area (Å²) in [5.41, 5.74) is 1.50. The molecule has 3 N–H and O–H groups in total. The summed E-state index contributed by atoms with van der Waals surface area (Å²) in [6.07, 6.45) is 1.67. The number of benzene rings is 2. The van der Waals surface area contributed by atoms with E-state index in [0.717, 1.165) is 21.4 Å². The SMILES string of the molecule is C=C(C)COc1ccc(C2(C)NC(=O)N(CC(=O)Nc3ccc4cn[nH]c4c3)C2=O)cc1. The molecule has 1 aliphatic heterocycles. The fourth-order valence-electron chi connectivity index (χ4n) is 3.49. The monoisotopic (exact) mass is 433 g/mol. The van der Waals surface area contributed by atoms with Gasteiger partial charge in [-0.2, -0.15) is 5.10 Å². The Morgan fingerprint density at radius 2 is 1.97 bits per heavy atom. The number of carbonyl (C=O) groups excluding carboxylic acids is 3. The molecule has 0 saturated carbocycles. The molecule has 9 nitrogen and oxygen atoms in total. The molecule has 0 aliphatic carbocycles. The molecule has 3 aromatic rings. The van der Waals surface area contributed by atoms with Gasteiger partial charge < -0.3 is 15.4 Å². The van der Waals surface area contributed by atoms with Crippen molar-refractivity contribution >= 4 is 34.4 Å². The predicted molar refractivity (Wildman–Crippen MR) is 119 cm³/mol. The summed E-state index contributed by atoms with van der Waals surface area (Å²) in [5, 5.41) is 13.1. The van der Waals surface area contributed by atoms with Crippen LogP contribution in [0.3, 0.4) is 0 Å². The third-order valence-corrected chi connectivity index (χ3v) is 5.22. The smallest absolute Gasteiger partial charge is 0.325 e. The zero-order chi connectivity index (χ0) is 22.9. The Morgan fingerprint density at radius 1 is 1.22 bits per heavy atom. The van der Waals surface area contributed by atoms with Crippen LogP contribution in [-0.4, -0.2) is 46.1 Å². The molecule has 0 radical (unpaired) electrons. The molecule has 1 aromatic heterocycles. The van der Waals surface area contributed by atoms with Crippen molar-refractivity contribution < 1.29 is 19.1 Å². The highest BCUT2D eigenvalue weighted by molar-refractivity contribution is 6.10. The van der Waals surface area contributed by atoms with E-state index in [1.807, 2.05) is 13.0 Å². The van der Waals surface area contributed by atoms with E-state index in [1.54, 1.807) is 49.5 Å². The van der Waals surface area contributed by atoms with E-state index >= 15 is 0 Å². The van der Waals surface area contributed by atoms with Crippen LogP contribution in [0.15, 0.2) is 60.8 Å². The van der Waals surface area contributed by atoms with Gasteiger partial charge in [-0.05, 0) is 55.3 Å². The van der Waals surface area contributed by atoms with Crippen molar-refractivity contribution in [1.29, 1.82) is 0 Å². The van der Waals surface area contributed by atoms with Crippen LogP contribution in [0.5, 0.6) is 5.75 Å². The average Bonchev–Trinajstić information content (AvgIpc) is 3.31. The summed E-state index contributed by atoms with van der Waals surface area (Å²) in [5.74, 6) is -0.361. The number of anilines is 1. The normalized spacial score (nSPS) is 18.0. The van der Waals surface area contributed by atoms with Gasteiger partial charge in [-0.25, -0.2) is 4.79 Å². The number of urea groups is 1. The van der Waals surface area contributed by atoms with E-state index in [4.69, 9.17) is 4.74 Å². The molecule has 0 spiro atoms. The lowest BCUT2D eigenvalue weighted by Gasteiger charge is -2.22. The molecule has 1 saturated heterocycles. The number of ether oxygens (including phenoxy) is 1. The van der Waals surface area contributed by atoms with Crippen molar-refractivity contribution in [2.45, 2.75) is 19.4 Å². The van der Waals surface area contributed by atoms with Crippen molar-refractivity contribution in [2.24, 2.45) is 0 Å². The van der Waals surface area contributed by atoms with E-state index in [0.29, 0.717) is 23.6 Å². The molecule has 2 heterocycles. The number of carbonyl (C=O) groups is 3. The second kappa shape index (κ2) is 8.18. The van der Waals surface area contributed by atoms with Crippen molar-refractivity contribution in [3.63, 3.8) is 0 Å². The first-order valence-electron chi connectivity index (χ1n) is 10.0. The van der Waals surface area contributed by atoms with Gasteiger partial charge in [0.2, 0.25) is 5.91 Å². The molecule has 1 aliphatic rings. The van der Waals surface area contributed by atoms with Gasteiger partial charge in [-0.1, -0.05) is 18.7 Å². The van der Waals surface area contributed by atoms with Gasteiger partial charge in [0.25, 0.3) is 5.91 Å². The number of fused-ring (bicyclic) bond motifs is 1. The maximum absolute atomic E-state index is 13.1. The lowest BCUT2D eigenvalue weighted by Crippen LogP contribution is -2.42. The van der Waals surface area contributed by atoms with Crippen molar-refractivity contribution in [2.75, 3.05) is 18.5 Å². The summed E-state index contributed by atoms with van der Waals surface area (Å²) in [6, 6.07) is 11.5. The standard InChI is InChI=1S/C23H23N5O4/c1-14(2)13-32-18-8-5-16(6-9-18)23(3)21(30)28(22(31)26-23)12-20(29)25-17-7-4-15-11-24-27-19(15)10-17/h4-11H,1,12-13H2,2-3H3,(H,24,27)(H,25,29)(H,26,31). The van der Waals surface area contributed by atoms with Crippen molar-refractivity contribution in [1.82, 2.24) is 20.4 Å². The Bertz CT molecular complexity index is 1220. The molecule has 32 heavy (non-hydrogen) atoms. The number of amides is 4. The van der Waals surface area contributed by atoms with Gasteiger partial charge in [-0.15, -0.1) is 0 Å². The maximum Gasteiger partial charge on any atom is 0.325 e. The second-order valence-corrected chi connectivity index (χ2v) is 7.94. The van der Waals surface area contributed by atoms with E-state index in [-0.39, 0.29) is 0 Å². The zero-order valence-electron chi connectivity index (χ0n) is 17.8. The quantitative estimate of drug-likeness (QED) is 0.391. The van der Waals surface area contributed by atoms with E-state index in [9.17, 15) is 14.4 Å². The Balaban J connectivity index is 1.44. The number of imide groups is 1. The number of aromatic amines is 1. The third-order valence-electron chi connectivity index (χ3n) is 5.22. The number of H-pyrrole nitrogens is 1. The number of aromatic nitrogens is 2. The molecule has 0 bridgehead atoms. The highest BCUT2D eigenvalue weighted by Gasteiger charge is 2.49. The Kier molecular flexibility index (Phi) is 5.40. The highest BCUT2D eigenvalue weighted by Crippen LogP contribution is 2.30. The largest absolute Gasteiger partial charge is 0.489 e. The van der Waals surface area contributed by atoms with Gasteiger partial charge in [0.1, 0.15) is 24.4 Å². The number of hydrogen-bond donors (Lipinski definition) is 3. The molecule has 164 valence electrons. The van der Waals surface area contributed by atoms with Crippen molar-refractivity contribution in [3.8, 4) is 5.75 Å². The molecule has 1 atom stereocenters. The molecular formula is C23H23N5O4. The van der Waals surface area contributed by atoms with Crippen LogP contribution in [0.2, 0.25) is 0 Å². The number of nitrogens with one attached hydrogen (secondary N) is 3. The summed E-state index contributed by atoms with van der Waals surface area (Å²) in [7, 11) is 0. The van der Waals surface area contributed by atoms with E-state index in [2.05, 4.69) is 27.4 Å². The topological polar surface area (TPSA) is 116 Å². The number of rotatable bonds is 7. The fraction of sp³-hybridized carbons (Fsp3) is 0.217. The van der Waals surface area contributed by atoms with Gasteiger partial charge in [0.15, 0.2) is 0 Å². The summed E-state index contributed by atoms with van der Waals surface area (Å²) < 4.78 is 5.58. The van der Waals surface area contributed by atoms with Crippen LogP contribution in [-0.2, 0) is 15.1 Å². The van der Waals surface area contributed by atoms with Gasteiger partial charge >= 0.3 is 6.03 Å². The highest BCUT2D eigenvalue weighted by atomic mass is 16.5. The lowest BCUT2D eigenvalue weighted by molar-refractivity contribution is -0.133. The Morgan fingerprint density at radius 3 is 2.69 bits per heavy atom. The Labute approximate surface area is 184 Å². The predicted octanol–water partition coefficient (Wildman–Crippen LogP) is 2.92. The summed E-state index contributed by atoms with van der Waals surface area (Å²) in [6.45, 7) is 7.25. The van der Waals surface area contributed by atoms with Crippen molar-refractivity contribution in [3.05, 3.63) is 66.4 Å². The van der Waals surface area contributed by atoms with Crippen LogP contribution in [0, 0.1) is 0 Å². The first-order chi connectivity index (χ1) is 15.3. The molecule has 2 aromatic carbocycles. The summed E-state index contributed by atoms with van der Waals surface area (Å²) >= 11 is 0. The number of hydrogen-bond acceptors (Lipinski definition) is 5. The first kappa shape index (κ1) is 21.1. The molecule has 1 unspecified atom stereocenters. The minimum Gasteiger partial charge on any atom is -0.489 e. The molecule has 9 heteroatoms. The van der Waals surface area contributed by atoms with Gasteiger partial charge in [0, 0.05) is 11.1 Å². The van der Waals surface area contributed by atoms with Crippen LogP contribution in [0.4, 0.5) is 10.5 Å². The van der Waals surface area contributed by atoms with Gasteiger partial charge in [-0.3, -0.25) is 19.6 Å². The van der Waals surface area contributed by atoms with Crippen LogP contribution >= 0.6 is 0 Å². The van der Waals surface area contributed by atoms with E-state index in [1.165, 1.54) is 0 Å². The lowest BCUT2D eigenvalue weighted by atomic mass is 9.92. The molecule has 4 amide bonds. The molecule has 4 rings (SSSR count). The van der Waals surface area contributed by atoms with Crippen LogP contribution < -0.4 is 15.4 Å². The molecule has 1 fully saturated rings. The summed E-state index contributed by atoms with van der Waals surface area (Å²) in [4.78, 5) is 39.0. The van der Waals surface area contributed by atoms with E-state index < -0.39 is 29.9 Å². The van der Waals surface area contributed by atoms with Crippen LogP contribution in [0.1, 0.15) is 19.4 Å². The Hall–Kier alpha value is -4.14. The first-order valence-corrected chi connectivity index (χ1v) is 10.0. The van der Waals surface area contributed by atoms with Crippen LogP contribution in [0.25, 0.3) is 10.9 Å². The minimum atomic E-state index is -1.28.